The van der Waals surface area contributed by atoms with Gasteiger partial charge in [0.2, 0.25) is 5.88 Å². The van der Waals surface area contributed by atoms with Gasteiger partial charge in [0.25, 0.3) is 0 Å². The van der Waals surface area contributed by atoms with Crippen molar-refractivity contribution in [3.8, 4) is 17.1 Å². The van der Waals surface area contributed by atoms with E-state index in [9.17, 15) is 4.79 Å². The second kappa shape index (κ2) is 10.0. The summed E-state index contributed by atoms with van der Waals surface area (Å²) in [5.74, 6) is 0.589. The molecule has 0 bridgehead atoms. The number of hydrogen-bond donors (Lipinski definition) is 2. The number of carboxylic acids is 1. The van der Waals surface area contributed by atoms with Crippen LogP contribution in [0.25, 0.3) is 11.3 Å². The number of aromatic nitrogens is 2. The molecule has 0 radical (unpaired) electrons. The quantitative estimate of drug-likeness (QED) is 0.613. The maximum atomic E-state index is 10.6. The molecule has 1 aromatic heterocycles. The first-order chi connectivity index (χ1) is 14.3. The lowest BCUT2D eigenvalue weighted by atomic mass is 9.72. The molecule has 1 saturated carbocycles. The molecule has 0 unspecified atom stereocenters. The van der Waals surface area contributed by atoms with E-state index >= 15 is 0 Å². The molecular formula is C24H33N3O3. The lowest BCUT2D eigenvalue weighted by Crippen LogP contribution is -2.30. The van der Waals surface area contributed by atoms with Crippen molar-refractivity contribution in [2.75, 3.05) is 6.54 Å². The summed E-state index contributed by atoms with van der Waals surface area (Å²) >= 11 is 0. The van der Waals surface area contributed by atoms with Gasteiger partial charge in [0, 0.05) is 24.7 Å². The first-order valence-electron chi connectivity index (χ1n) is 10.8. The zero-order valence-corrected chi connectivity index (χ0v) is 18.2. The minimum atomic E-state index is -0.795. The maximum absolute atomic E-state index is 10.6. The minimum Gasteiger partial charge on any atom is -0.481 e. The number of carboxylic acid groups (broad SMARTS) is 1. The van der Waals surface area contributed by atoms with E-state index in [4.69, 9.17) is 9.84 Å². The highest BCUT2D eigenvalue weighted by Gasteiger charge is 2.30. The van der Waals surface area contributed by atoms with Crippen LogP contribution in [0.3, 0.4) is 0 Å². The molecule has 1 aliphatic carbocycles. The molecule has 0 spiro atoms. The van der Waals surface area contributed by atoms with Crippen molar-refractivity contribution in [3.63, 3.8) is 0 Å². The van der Waals surface area contributed by atoms with E-state index < -0.39 is 5.97 Å². The van der Waals surface area contributed by atoms with Gasteiger partial charge in [0.15, 0.2) is 0 Å². The van der Waals surface area contributed by atoms with Crippen molar-refractivity contribution in [2.45, 2.75) is 65.5 Å². The summed E-state index contributed by atoms with van der Waals surface area (Å²) in [5, 5.41) is 11.9. The Balaban J connectivity index is 1.59. The van der Waals surface area contributed by atoms with Crippen molar-refractivity contribution in [1.82, 2.24) is 15.3 Å². The second-order valence-electron chi connectivity index (χ2n) is 9.22. The summed E-state index contributed by atoms with van der Waals surface area (Å²) in [5.41, 5.74) is 3.27. The van der Waals surface area contributed by atoms with E-state index in [0.717, 1.165) is 35.6 Å². The molecule has 0 aliphatic heterocycles. The van der Waals surface area contributed by atoms with Crippen LogP contribution >= 0.6 is 0 Å². The third kappa shape index (κ3) is 6.52. The summed E-state index contributed by atoms with van der Waals surface area (Å²) in [4.78, 5) is 19.4. The van der Waals surface area contributed by atoms with Crippen molar-refractivity contribution >= 4 is 5.97 Å². The lowest BCUT2D eigenvalue weighted by molar-refractivity contribution is -0.136. The Hall–Kier alpha value is -2.47. The van der Waals surface area contributed by atoms with Gasteiger partial charge in [0.05, 0.1) is 12.1 Å². The Morgan fingerprint density at radius 2 is 1.93 bits per heavy atom. The van der Waals surface area contributed by atoms with E-state index in [0.29, 0.717) is 24.4 Å². The molecule has 1 aliphatic rings. The van der Waals surface area contributed by atoms with Gasteiger partial charge >= 0.3 is 5.97 Å². The fourth-order valence-corrected chi connectivity index (χ4v) is 4.05. The van der Waals surface area contributed by atoms with Crippen LogP contribution in [0.1, 0.15) is 58.4 Å². The molecule has 6 nitrogen and oxygen atoms in total. The average molecular weight is 412 g/mol. The van der Waals surface area contributed by atoms with Gasteiger partial charge in [-0.1, -0.05) is 39.0 Å². The average Bonchev–Trinajstić information content (AvgIpc) is 2.71. The second-order valence-corrected chi connectivity index (χ2v) is 9.22. The van der Waals surface area contributed by atoms with Crippen molar-refractivity contribution < 1.29 is 14.6 Å². The number of aliphatic carboxylic acids is 1. The molecule has 1 aromatic carbocycles. The number of carbonyl (C=O) groups is 1. The molecule has 2 N–H and O–H groups in total. The molecule has 162 valence electrons. The van der Waals surface area contributed by atoms with Crippen LogP contribution in [-0.2, 0) is 11.3 Å². The van der Waals surface area contributed by atoms with Gasteiger partial charge in [-0.3, -0.25) is 4.79 Å². The van der Waals surface area contributed by atoms with E-state index in [1.807, 2.05) is 24.3 Å². The predicted molar refractivity (Wildman–Crippen MR) is 117 cm³/mol. The molecule has 1 heterocycles. The fourth-order valence-electron chi connectivity index (χ4n) is 4.05. The molecule has 0 amide bonds. The Morgan fingerprint density at radius 1 is 1.17 bits per heavy atom. The van der Waals surface area contributed by atoms with Gasteiger partial charge in [-0.2, -0.15) is 0 Å². The standard InChI is InChI=1S/C24H33N3O3/c1-24(2,3)19-7-9-20(10-8-19)30-22-14-21(26-16-27-22)18-6-4-5-17(13-18)15-25-12-11-23(28)29/h4-6,13-14,16,19-20,25H,7-12,15H2,1-3H3,(H,28,29). The summed E-state index contributed by atoms with van der Waals surface area (Å²) in [6, 6.07) is 9.99. The highest BCUT2D eigenvalue weighted by molar-refractivity contribution is 5.66. The van der Waals surface area contributed by atoms with E-state index in [2.05, 4.69) is 42.1 Å². The summed E-state index contributed by atoms with van der Waals surface area (Å²) in [6.07, 6.45) is 6.42. The summed E-state index contributed by atoms with van der Waals surface area (Å²) < 4.78 is 6.19. The van der Waals surface area contributed by atoms with E-state index in [-0.39, 0.29) is 12.5 Å². The first-order valence-corrected chi connectivity index (χ1v) is 10.8. The third-order valence-electron chi connectivity index (χ3n) is 5.90. The Morgan fingerprint density at radius 3 is 2.63 bits per heavy atom. The Labute approximate surface area is 179 Å². The molecule has 1 fully saturated rings. The number of hydrogen-bond acceptors (Lipinski definition) is 5. The number of ether oxygens (including phenoxy) is 1. The van der Waals surface area contributed by atoms with E-state index in [1.165, 1.54) is 12.8 Å². The molecule has 0 atom stereocenters. The summed E-state index contributed by atoms with van der Waals surface area (Å²) in [7, 11) is 0. The van der Waals surface area contributed by atoms with Crippen LogP contribution in [0.15, 0.2) is 36.7 Å². The fraction of sp³-hybridized carbons (Fsp3) is 0.542. The summed E-state index contributed by atoms with van der Waals surface area (Å²) in [6.45, 7) is 8.04. The zero-order chi connectivity index (χ0) is 21.6. The highest BCUT2D eigenvalue weighted by atomic mass is 16.5. The Kier molecular flexibility index (Phi) is 7.43. The largest absolute Gasteiger partial charge is 0.481 e. The Bertz CT molecular complexity index is 840. The normalized spacial score (nSPS) is 19.4. The smallest absolute Gasteiger partial charge is 0.304 e. The predicted octanol–water partition coefficient (Wildman–Crippen LogP) is 4.69. The SMILES string of the molecule is CC(C)(C)C1CCC(Oc2cc(-c3cccc(CNCCC(=O)O)c3)ncn2)CC1. The first kappa shape index (κ1) is 22.2. The van der Waals surface area contributed by atoms with Crippen molar-refractivity contribution in [1.29, 1.82) is 0 Å². The molecule has 0 saturated heterocycles. The topological polar surface area (TPSA) is 84.3 Å². The zero-order valence-electron chi connectivity index (χ0n) is 18.2. The van der Waals surface area contributed by atoms with Gasteiger partial charge in [-0.25, -0.2) is 9.97 Å². The number of nitrogens with zero attached hydrogens (tertiary/aromatic N) is 2. The number of nitrogens with one attached hydrogen (secondary N) is 1. The van der Waals surface area contributed by atoms with Crippen LogP contribution in [0.5, 0.6) is 5.88 Å². The van der Waals surface area contributed by atoms with Gasteiger partial charge < -0.3 is 15.2 Å². The van der Waals surface area contributed by atoms with Crippen molar-refractivity contribution in [2.24, 2.45) is 11.3 Å². The molecule has 2 aromatic rings. The van der Waals surface area contributed by atoms with Crippen LogP contribution in [0, 0.1) is 11.3 Å². The molecular weight excluding hydrogens is 378 g/mol. The van der Waals surface area contributed by atoms with Gasteiger partial charge in [0.1, 0.15) is 12.4 Å². The highest BCUT2D eigenvalue weighted by Crippen LogP contribution is 2.38. The molecule has 6 heteroatoms. The minimum absolute atomic E-state index is 0.115. The van der Waals surface area contributed by atoms with E-state index in [1.54, 1.807) is 6.33 Å². The number of benzene rings is 1. The van der Waals surface area contributed by atoms with Gasteiger partial charge in [-0.15, -0.1) is 0 Å². The van der Waals surface area contributed by atoms with Gasteiger partial charge in [-0.05, 0) is 48.6 Å². The van der Waals surface area contributed by atoms with Crippen LogP contribution < -0.4 is 10.1 Å². The number of rotatable bonds is 8. The lowest BCUT2D eigenvalue weighted by Gasteiger charge is -2.36. The van der Waals surface area contributed by atoms with Crippen molar-refractivity contribution in [3.05, 3.63) is 42.2 Å². The monoisotopic (exact) mass is 411 g/mol. The maximum Gasteiger partial charge on any atom is 0.304 e. The molecule has 3 rings (SSSR count). The van der Waals surface area contributed by atoms with Crippen LogP contribution in [0.2, 0.25) is 0 Å². The third-order valence-corrected chi connectivity index (χ3v) is 5.90. The van der Waals surface area contributed by atoms with Crippen LogP contribution in [0.4, 0.5) is 0 Å². The van der Waals surface area contributed by atoms with Crippen LogP contribution in [-0.4, -0.2) is 33.7 Å². The molecule has 30 heavy (non-hydrogen) atoms.